The van der Waals surface area contributed by atoms with E-state index < -0.39 is 23.9 Å². The summed E-state index contributed by atoms with van der Waals surface area (Å²) in [7, 11) is 5.08. The lowest BCUT2D eigenvalue weighted by molar-refractivity contribution is 0.0581. The van der Waals surface area contributed by atoms with Crippen LogP contribution in [0.5, 0.6) is 0 Å². The normalized spacial score (nSPS) is 10.8. The Morgan fingerprint density at radius 1 is 0.421 bits per heavy atom. The number of rotatable bonds is 8. The minimum atomic E-state index is -0.558. The summed E-state index contributed by atoms with van der Waals surface area (Å²) in [6, 6.07) is 16.9. The molecular weight excluding hydrogens is 488 g/mol. The third kappa shape index (κ3) is 7.04. The quantitative estimate of drug-likeness (QED) is 0.230. The molecule has 0 fully saturated rings. The van der Waals surface area contributed by atoms with Crippen LogP contribution >= 0.6 is 0 Å². The van der Waals surface area contributed by atoms with Gasteiger partial charge in [0, 0.05) is 0 Å². The van der Waals surface area contributed by atoms with E-state index in [9.17, 15) is 19.2 Å². The van der Waals surface area contributed by atoms with Crippen LogP contribution in [-0.4, -0.2) is 52.3 Å². The Balaban J connectivity index is 1.82. The van der Waals surface area contributed by atoms with Gasteiger partial charge in [0.2, 0.25) is 0 Å². The maximum Gasteiger partial charge on any atom is 0.337 e. The van der Waals surface area contributed by atoms with Crippen molar-refractivity contribution in [2.45, 2.75) is 0 Å². The highest BCUT2D eigenvalue weighted by Crippen LogP contribution is 2.18. The number of esters is 4. The average molecular weight is 515 g/mol. The highest BCUT2D eigenvalue weighted by Gasteiger charge is 2.14. The fourth-order valence-corrected chi connectivity index (χ4v) is 3.54. The fraction of sp³-hybridized carbons (Fsp3) is 0.133. The third-order valence-corrected chi connectivity index (χ3v) is 5.47. The molecule has 3 rings (SSSR count). The van der Waals surface area contributed by atoms with Crippen LogP contribution in [0, 0.1) is 0 Å². The van der Waals surface area contributed by atoms with Crippen molar-refractivity contribution in [3.63, 3.8) is 0 Å². The molecule has 0 aromatic heterocycles. The van der Waals surface area contributed by atoms with E-state index in [1.165, 1.54) is 40.6 Å². The van der Waals surface area contributed by atoms with Crippen molar-refractivity contribution in [3.05, 3.63) is 105 Å². The molecule has 38 heavy (non-hydrogen) atoms. The lowest BCUT2D eigenvalue weighted by Gasteiger charge is -2.06. The molecule has 0 aliphatic heterocycles. The maximum atomic E-state index is 12.0. The zero-order valence-corrected chi connectivity index (χ0v) is 21.3. The second kappa shape index (κ2) is 12.8. The number of methoxy groups -OCH3 is 4. The summed E-state index contributed by atoms with van der Waals surface area (Å²) in [5.74, 6) is -2.23. The molecule has 0 aliphatic carbocycles. The van der Waals surface area contributed by atoms with E-state index in [2.05, 4.69) is 0 Å². The van der Waals surface area contributed by atoms with E-state index in [1.54, 1.807) is 36.4 Å². The van der Waals surface area contributed by atoms with E-state index in [-0.39, 0.29) is 22.3 Å². The molecule has 0 aliphatic rings. The van der Waals surface area contributed by atoms with E-state index in [0.29, 0.717) is 11.1 Å². The molecule has 0 saturated heterocycles. The van der Waals surface area contributed by atoms with E-state index >= 15 is 0 Å². The molecule has 0 spiro atoms. The molecule has 0 amide bonds. The first-order chi connectivity index (χ1) is 18.3. The van der Waals surface area contributed by atoms with Gasteiger partial charge in [-0.25, -0.2) is 19.2 Å². The molecule has 194 valence electrons. The van der Waals surface area contributed by atoms with Crippen molar-refractivity contribution in [1.29, 1.82) is 0 Å². The van der Waals surface area contributed by atoms with E-state index in [1.807, 2.05) is 36.4 Å². The largest absolute Gasteiger partial charge is 0.465 e. The maximum absolute atomic E-state index is 12.0. The van der Waals surface area contributed by atoms with Crippen LogP contribution < -0.4 is 0 Å². The predicted molar refractivity (Wildman–Crippen MR) is 143 cm³/mol. The average Bonchev–Trinajstić information content (AvgIpc) is 2.97. The Hall–Kier alpha value is -4.98. The van der Waals surface area contributed by atoms with Crippen molar-refractivity contribution in [1.82, 2.24) is 0 Å². The number of ether oxygens (including phenoxy) is 4. The lowest BCUT2D eigenvalue weighted by atomic mass is 10.0. The molecule has 3 aromatic carbocycles. The smallest absolute Gasteiger partial charge is 0.337 e. The zero-order chi connectivity index (χ0) is 27.7. The molecule has 3 aromatic rings. The number of carbonyl (C=O) groups excluding carboxylic acids is 4. The number of hydrogen-bond donors (Lipinski definition) is 0. The van der Waals surface area contributed by atoms with Gasteiger partial charge in [-0.05, 0) is 58.7 Å². The van der Waals surface area contributed by atoms with Gasteiger partial charge >= 0.3 is 23.9 Å². The van der Waals surface area contributed by atoms with Gasteiger partial charge < -0.3 is 18.9 Å². The first kappa shape index (κ1) is 27.6. The fourth-order valence-electron chi connectivity index (χ4n) is 3.54. The highest BCUT2D eigenvalue weighted by molar-refractivity contribution is 5.97. The van der Waals surface area contributed by atoms with E-state index in [4.69, 9.17) is 18.9 Å². The monoisotopic (exact) mass is 514 g/mol. The van der Waals surface area contributed by atoms with Gasteiger partial charge in [-0.3, -0.25) is 0 Å². The van der Waals surface area contributed by atoms with Crippen LogP contribution in [0.4, 0.5) is 0 Å². The molecule has 0 unspecified atom stereocenters. The van der Waals surface area contributed by atoms with Crippen LogP contribution in [0.15, 0.2) is 60.7 Å². The molecule has 0 atom stereocenters. The molecule has 0 saturated carbocycles. The summed E-state index contributed by atoms with van der Waals surface area (Å²) in [5, 5.41) is 0. The molecule has 0 N–H and O–H groups in total. The second-order valence-corrected chi connectivity index (χ2v) is 7.99. The topological polar surface area (TPSA) is 105 Å². The van der Waals surface area contributed by atoms with Crippen LogP contribution in [0.25, 0.3) is 24.3 Å². The number of carbonyl (C=O) groups is 4. The molecule has 0 radical (unpaired) electrons. The Labute approximate surface area is 220 Å². The summed E-state index contributed by atoms with van der Waals surface area (Å²) in [5.41, 5.74) is 3.97. The van der Waals surface area contributed by atoms with Gasteiger partial charge in [0.05, 0.1) is 50.7 Å². The zero-order valence-electron chi connectivity index (χ0n) is 21.3. The minimum absolute atomic E-state index is 0.238. The van der Waals surface area contributed by atoms with Gasteiger partial charge in [0.25, 0.3) is 0 Å². The van der Waals surface area contributed by atoms with Crippen molar-refractivity contribution in [2.75, 3.05) is 28.4 Å². The molecule has 8 heteroatoms. The van der Waals surface area contributed by atoms with Crippen molar-refractivity contribution in [2.24, 2.45) is 0 Å². The Kier molecular flexibility index (Phi) is 9.31. The van der Waals surface area contributed by atoms with Gasteiger partial charge in [-0.15, -0.1) is 0 Å². The molecule has 8 nitrogen and oxygen atoms in total. The summed E-state index contributed by atoms with van der Waals surface area (Å²) in [4.78, 5) is 48.0. The Morgan fingerprint density at radius 3 is 0.895 bits per heavy atom. The summed E-state index contributed by atoms with van der Waals surface area (Å²) in [6.45, 7) is 0. The van der Waals surface area contributed by atoms with Crippen LogP contribution in [0.2, 0.25) is 0 Å². The van der Waals surface area contributed by atoms with Crippen molar-refractivity contribution < 1.29 is 38.1 Å². The van der Waals surface area contributed by atoms with Crippen molar-refractivity contribution in [3.8, 4) is 0 Å². The first-order valence-corrected chi connectivity index (χ1v) is 11.4. The summed E-state index contributed by atoms with van der Waals surface area (Å²) >= 11 is 0. The predicted octanol–water partition coefficient (Wildman–Crippen LogP) is 5.17. The number of benzene rings is 3. The number of hydrogen-bond acceptors (Lipinski definition) is 8. The molecule has 0 bridgehead atoms. The third-order valence-electron chi connectivity index (χ3n) is 5.47. The molecule has 0 heterocycles. The van der Waals surface area contributed by atoms with E-state index in [0.717, 1.165) is 11.1 Å². The van der Waals surface area contributed by atoms with Crippen LogP contribution in [-0.2, 0) is 18.9 Å². The summed E-state index contributed by atoms with van der Waals surface area (Å²) in [6.07, 6.45) is 7.23. The Bertz CT molecular complexity index is 1240. The summed E-state index contributed by atoms with van der Waals surface area (Å²) < 4.78 is 19.1. The van der Waals surface area contributed by atoms with Gasteiger partial charge in [-0.2, -0.15) is 0 Å². The second-order valence-electron chi connectivity index (χ2n) is 7.99. The minimum Gasteiger partial charge on any atom is -0.465 e. The first-order valence-electron chi connectivity index (χ1n) is 11.4. The van der Waals surface area contributed by atoms with Crippen molar-refractivity contribution >= 4 is 48.2 Å². The van der Waals surface area contributed by atoms with Crippen LogP contribution in [0.3, 0.4) is 0 Å². The lowest BCUT2D eigenvalue weighted by Crippen LogP contribution is -2.07. The molecular formula is C30H26O8. The van der Waals surface area contributed by atoms with Gasteiger partial charge in [0.15, 0.2) is 0 Å². The van der Waals surface area contributed by atoms with Gasteiger partial charge in [0.1, 0.15) is 0 Å². The van der Waals surface area contributed by atoms with Crippen LogP contribution in [0.1, 0.15) is 63.7 Å². The SMILES string of the molecule is COC(=O)c1cc(/C=C/c2ccc(/C=C/c3cc(C(=O)OC)cc(C(=O)OC)c3)cc2)cc(C(=O)OC)c1. The Morgan fingerprint density at radius 2 is 0.658 bits per heavy atom. The van der Waals surface area contributed by atoms with Gasteiger partial charge in [-0.1, -0.05) is 48.6 Å². The highest BCUT2D eigenvalue weighted by atomic mass is 16.5. The standard InChI is InChI=1S/C30H26O8/c1-35-27(31)23-13-21(14-24(17-23)28(32)36-2)11-9-19-5-7-20(8-6-19)10-12-22-15-25(29(33)37-3)18-26(16-22)30(34)38-4/h5-18H,1-4H3/b11-9+,12-10+.